The molecule has 0 bridgehead atoms. The lowest BCUT2D eigenvalue weighted by molar-refractivity contribution is 0.110. The summed E-state index contributed by atoms with van der Waals surface area (Å²) >= 11 is 0. The molecule has 0 aromatic rings. The molecule has 11 heavy (non-hydrogen) atoms. The van der Waals surface area contributed by atoms with E-state index in [9.17, 15) is 0 Å². The fraction of sp³-hybridized carbons (Fsp3) is 0.400. The van der Waals surface area contributed by atoms with Gasteiger partial charge in [0, 0.05) is 0 Å². The van der Waals surface area contributed by atoms with Gasteiger partial charge in [0.2, 0.25) is 0 Å². The maximum absolute atomic E-state index is 5.43. The lowest BCUT2D eigenvalue weighted by Gasteiger charge is -2.14. The maximum atomic E-state index is 5.43. The van der Waals surface area contributed by atoms with E-state index in [0.717, 1.165) is 6.42 Å². The summed E-state index contributed by atoms with van der Waals surface area (Å²) in [4.78, 5) is 0. The van der Waals surface area contributed by atoms with Crippen LogP contribution in [-0.2, 0) is 4.74 Å². The molecule has 0 N–H and O–H groups in total. The molecular weight excluding hydrogens is 136 g/mol. The van der Waals surface area contributed by atoms with Crippen LogP contribution in [-0.4, -0.2) is 12.7 Å². The van der Waals surface area contributed by atoms with Crippen molar-refractivity contribution in [2.75, 3.05) is 6.61 Å². The third-order valence-electron chi connectivity index (χ3n) is 1.67. The second kappa shape index (κ2) is 4.14. The van der Waals surface area contributed by atoms with E-state index in [2.05, 4.69) is 31.7 Å². The van der Waals surface area contributed by atoms with E-state index in [1.54, 1.807) is 6.08 Å². The van der Waals surface area contributed by atoms with Gasteiger partial charge in [0.05, 0.1) is 12.7 Å². The summed E-state index contributed by atoms with van der Waals surface area (Å²) in [5.41, 5.74) is 1.32. The first kappa shape index (κ1) is 8.28. The van der Waals surface area contributed by atoms with Gasteiger partial charge in [-0.25, -0.2) is 0 Å². The molecular formula is C10H14O. The lowest BCUT2D eigenvalue weighted by atomic mass is 10.1. The van der Waals surface area contributed by atoms with Crippen LogP contribution in [0.2, 0.25) is 0 Å². The zero-order valence-corrected chi connectivity index (χ0v) is 6.92. The van der Waals surface area contributed by atoms with Gasteiger partial charge in [-0.1, -0.05) is 29.9 Å². The van der Waals surface area contributed by atoms with Crippen LogP contribution in [0.15, 0.2) is 36.5 Å². The molecule has 1 aliphatic rings. The molecule has 1 atom stereocenters. The number of rotatable bonds is 3. The van der Waals surface area contributed by atoms with Gasteiger partial charge in [0.25, 0.3) is 0 Å². The molecule has 0 fully saturated rings. The van der Waals surface area contributed by atoms with Crippen molar-refractivity contribution in [1.29, 1.82) is 0 Å². The second-order valence-corrected chi connectivity index (χ2v) is 2.70. The Hall–Kier alpha value is -0.820. The zero-order valence-electron chi connectivity index (χ0n) is 6.92. The van der Waals surface area contributed by atoms with E-state index in [1.807, 2.05) is 0 Å². The molecule has 60 valence electrons. The minimum atomic E-state index is 0.261. The van der Waals surface area contributed by atoms with Crippen LogP contribution in [0.25, 0.3) is 0 Å². The molecule has 0 heterocycles. The van der Waals surface area contributed by atoms with Gasteiger partial charge in [-0.05, 0) is 13.3 Å². The molecule has 1 heteroatoms. The second-order valence-electron chi connectivity index (χ2n) is 2.70. The van der Waals surface area contributed by atoms with Crippen molar-refractivity contribution >= 4 is 0 Å². The smallest absolute Gasteiger partial charge is 0.0797 e. The van der Waals surface area contributed by atoms with Gasteiger partial charge in [-0.15, -0.1) is 6.58 Å². The largest absolute Gasteiger partial charge is 0.370 e. The predicted octanol–water partition coefficient (Wildman–Crippen LogP) is 2.46. The molecule has 1 aliphatic carbocycles. The number of hydrogen-bond acceptors (Lipinski definition) is 1. The van der Waals surface area contributed by atoms with Crippen molar-refractivity contribution in [3.05, 3.63) is 36.5 Å². The fourth-order valence-electron chi connectivity index (χ4n) is 1.02. The summed E-state index contributed by atoms with van der Waals surface area (Å²) in [6.07, 6.45) is 9.41. The van der Waals surface area contributed by atoms with E-state index in [0.29, 0.717) is 6.61 Å². The van der Waals surface area contributed by atoms with Crippen LogP contribution in [0.1, 0.15) is 13.3 Å². The number of hydrogen-bond donors (Lipinski definition) is 0. The maximum Gasteiger partial charge on any atom is 0.0797 e. The van der Waals surface area contributed by atoms with Gasteiger partial charge in [0.1, 0.15) is 0 Å². The normalized spacial score (nSPS) is 23.0. The van der Waals surface area contributed by atoms with Gasteiger partial charge >= 0.3 is 0 Å². The summed E-state index contributed by atoms with van der Waals surface area (Å²) in [6.45, 7) is 6.33. The minimum Gasteiger partial charge on any atom is -0.370 e. The Morgan fingerprint density at radius 3 is 3.18 bits per heavy atom. The summed E-state index contributed by atoms with van der Waals surface area (Å²) in [7, 11) is 0. The van der Waals surface area contributed by atoms with Crippen molar-refractivity contribution in [3.63, 3.8) is 0 Å². The zero-order chi connectivity index (χ0) is 8.10. The topological polar surface area (TPSA) is 9.23 Å². The molecule has 1 unspecified atom stereocenters. The molecule has 0 saturated carbocycles. The molecule has 0 aliphatic heterocycles. The Morgan fingerprint density at radius 1 is 1.82 bits per heavy atom. The summed E-state index contributed by atoms with van der Waals surface area (Å²) in [5.74, 6) is 0. The highest BCUT2D eigenvalue weighted by molar-refractivity contribution is 5.22. The van der Waals surface area contributed by atoms with Crippen molar-refractivity contribution < 1.29 is 4.74 Å². The number of ether oxygens (including phenoxy) is 1. The molecule has 0 saturated heterocycles. The van der Waals surface area contributed by atoms with E-state index >= 15 is 0 Å². The van der Waals surface area contributed by atoms with Gasteiger partial charge < -0.3 is 4.74 Å². The van der Waals surface area contributed by atoms with E-state index in [4.69, 9.17) is 4.74 Å². The third-order valence-corrected chi connectivity index (χ3v) is 1.67. The van der Waals surface area contributed by atoms with Crippen LogP contribution < -0.4 is 0 Å². The first-order valence-electron chi connectivity index (χ1n) is 3.90. The molecule has 0 amide bonds. The third kappa shape index (κ3) is 2.72. The quantitative estimate of drug-likeness (QED) is 0.561. The summed E-state index contributed by atoms with van der Waals surface area (Å²) < 4.78 is 5.43. The summed E-state index contributed by atoms with van der Waals surface area (Å²) in [5, 5.41) is 0. The molecule has 0 aromatic carbocycles. The minimum absolute atomic E-state index is 0.261. The van der Waals surface area contributed by atoms with Gasteiger partial charge in [-0.2, -0.15) is 0 Å². The van der Waals surface area contributed by atoms with Crippen molar-refractivity contribution in [3.8, 4) is 0 Å². The van der Waals surface area contributed by atoms with E-state index in [1.165, 1.54) is 5.57 Å². The Labute approximate surface area is 68.1 Å². The Bertz CT molecular complexity index is 189. The Kier molecular flexibility index (Phi) is 3.12. The lowest BCUT2D eigenvalue weighted by Crippen LogP contribution is -2.10. The first-order valence-corrected chi connectivity index (χ1v) is 3.90. The SMILES string of the molecule is C=CCOC1C=CC(C)=CC1. The number of allylic oxidation sites excluding steroid dienone is 2. The highest BCUT2D eigenvalue weighted by Crippen LogP contribution is 2.12. The molecule has 0 spiro atoms. The monoisotopic (exact) mass is 150 g/mol. The van der Waals surface area contributed by atoms with Crippen LogP contribution >= 0.6 is 0 Å². The Balaban J connectivity index is 2.31. The van der Waals surface area contributed by atoms with E-state index < -0.39 is 0 Å². The molecule has 1 nitrogen and oxygen atoms in total. The van der Waals surface area contributed by atoms with Crippen LogP contribution in [0, 0.1) is 0 Å². The standard InChI is InChI=1S/C10H14O/c1-3-8-11-10-6-4-9(2)5-7-10/h3-6,10H,1,7-8H2,2H3. The average molecular weight is 150 g/mol. The average Bonchev–Trinajstić information content (AvgIpc) is 2.04. The highest BCUT2D eigenvalue weighted by Gasteiger charge is 2.04. The van der Waals surface area contributed by atoms with Crippen LogP contribution in [0.5, 0.6) is 0 Å². The first-order chi connectivity index (χ1) is 5.33. The summed E-state index contributed by atoms with van der Waals surface area (Å²) in [6, 6.07) is 0. The molecule has 1 rings (SSSR count). The van der Waals surface area contributed by atoms with Crippen molar-refractivity contribution in [2.24, 2.45) is 0 Å². The molecule has 0 aromatic heterocycles. The molecule has 0 radical (unpaired) electrons. The predicted molar refractivity (Wildman–Crippen MR) is 47.5 cm³/mol. The van der Waals surface area contributed by atoms with Crippen LogP contribution in [0.3, 0.4) is 0 Å². The Morgan fingerprint density at radius 2 is 2.64 bits per heavy atom. The van der Waals surface area contributed by atoms with Crippen molar-refractivity contribution in [1.82, 2.24) is 0 Å². The highest BCUT2D eigenvalue weighted by atomic mass is 16.5. The fourth-order valence-corrected chi connectivity index (χ4v) is 1.02. The van der Waals surface area contributed by atoms with Crippen LogP contribution in [0.4, 0.5) is 0 Å². The van der Waals surface area contributed by atoms with Gasteiger partial charge in [-0.3, -0.25) is 0 Å². The van der Waals surface area contributed by atoms with E-state index in [-0.39, 0.29) is 6.10 Å². The van der Waals surface area contributed by atoms with Crippen molar-refractivity contribution in [2.45, 2.75) is 19.4 Å². The van der Waals surface area contributed by atoms with Gasteiger partial charge in [0.15, 0.2) is 0 Å².